The van der Waals surface area contributed by atoms with Crippen molar-refractivity contribution in [3.05, 3.63) is 18.2 Å². The molecule has 0 fully saturated rings. The molecule has 1 heterocycles. The van der Waals surface area contributed by atoms with Crippen LogP contribution in [0.4, 0.5) is 0 Å². The van der Waals surface area contributed by atoms with Gasteiger partial charge in [-0.25, -0.2) is 4.98 Å². The van der Waals surface area contributed by atoms with Gasteiger partial charge in [0.25, 0.3) is 0 Å². The summed E-state index contributed by atoms with van der Waals surface area (Å²) in [5, 5.41) is 12.5. The van der Waals surface area contributed by atoms with Gasteiger partial charge in [-0.05, 0) is 33.9 Å². The van der Waals surface area contributed by atoms with Gasteiger partial charge in [0.1, 0.15) is 11.4 Å². The summed E-state index contributed by atoms with van der Waals surface area (Å²) in [7, 11) is 3.95. The number of rotatable bonds is 8. The zero-order valence-electron chi connectivity index (χ0n) is 13.1. The molecule has 1 rings (SSSR count). The second kappa shape index (κ2) is 6.85. The van der Waals surface area contributed by atoms with Gasteiger partial charge in [0.05, 0.1) is 6.54 Å². The highest BCUT2D eigenvalue weighted by Gasteiger charge is 2.34. The van der Waals surface area contributed by atoms with Gasteiger partial charge in [0.2, 0.25) is 0 Å². The van der Waals surface area contributed by atoms with Gasteiger partial charge in [-0.15, -0.1) is 0 Å². The van der Waals surface area contributed by atoms with Crippen LogP contribution in [0.25, 0.3) is 0 Å². The maximum atomic E-state index is 11.4. The number of aromatic nitrogens is 2. The van der Waals surface area contributed by atoms with Crippen LogP contribution in [0, 0.1) is 0 Å². The Morgan fingerprint density at radius 1 is 1.65 bits per heavy atom. The number of aliphatic carboxylic acids is 1. The molecule has 0 saturated heterocycles. The van der Waals surface area contributed by atoms with Crippen LogP contribution in [0.1, 0.15) is 33.0 Å². The molecule has 1 aromatic rings. The Morgan fingerprint density at radius 2 is 2.30 bits per heavy atom. The molecule has 0 aliphatic heterocycles. The third kappa shape index (κ3) is 4.05. The minimum atomic E-state index is -0.899. The van der Waals surface area contributed by atoms with E-state index in [4.69, 9.17) is 0 Å². The molecule has 6 heteroatoms. The number of imidazole rings is 1. The summed E-state index contributed by atoms with van der Waals surface area (Å²) in [5.74, 6) is 0.163. The second-order valence-corrected chi connectivity index (χ2v) is 5.59. The first-order chi connectivity index (χ1) is 9.30. The lowest BCUT2D eigenvalue weighted by atomic mass is 9.93. The predicted molar refractivity (Wildman–Crippen MR) is 78.5 cm³/mol. The Hall–Kier alpha value is -1.40. The van der Waals surface area contributed by atoms with Crippen molar-refractivity contribution in [3.8, 4) is 0 Å². The van der Waals surface area contributed by atoms with Crippen LogP contribution < -0.4 is 5.32 Å². The molecule has 0 saturated carbocycles. The van der Waals surface area contributed by atoms with Crippen molar-refractivity contribution in [1.29, 1.82) is 0 Å². The zero-order chi connectivity index (χ0) is 15.3. The van der Waals surface area contributed by atoms with E-state index in [9.17, 15) is 9.90 Å². The van der Waals surface area contributed by atoms with Gasteiger partial charge < -0.3 is 15.0 Å². The van der Waals surface area contributed by atoms with Crippen molar-refractivity contribution in [2.75, 3.05) is 13.6 Å². The molecule has 6 nitrogen and oxygen atoms in total. The molecular weight excluding hydrogens is 256 g/mol. The average Bonchev–Trinajstić information content (AvgIpc) is 2.75. The third-order valence-corrected chi connectivity index (χ3v) is 3.81. The van der Waals surface area contributed by atoms with Gasteiger partial charge in [0, 0.05) is 25.5 Å². The van der Waals surface area contributed by atoms with Crippen LogP contribution in [0.15, 0.2) is 12.4 Å². The molecule has 20 heavy (non-hydrogen) atoms. The van der Waals surface area contributed by atoms with E-state index in [0.717, 1.165) is 5.82 Å². The summed E-state index contributed by atoms with van der Waals surface area (Å²) in [6.45, 7) is 7.04. The van der Waals surface area contributed by atoms with E-state index in [1.54, 1.807) is 13.1 Å². The Morgan fingerprint density at radius 3 is 2.75 bits per heavy atom. The number of nitrogens with one attached hydrogen (secondary N) is 1. The van der Waals surface area contributed by atoms with E-state index in [1.165, 1.54) is 0 Å². The lowest BCUT2D eigenvalue weighted by Gasteiger charge is -2.33. The molecule has 0 aromatic carbocycles. The fourth-order valence-electron chi connectivity index (χ4n) is 2.30. The first kappa shape index (κ1) is 16.7. The van der Waals surface area contributed by atoms with E-state index in [-0.39, 0.29) is 6.04 Å². The van der Waals surface area contributed by atoms with E-state index in [2.05, 4.69) is 15.2 Å². The lowest BCUT2D eigenvalue weighted by molar-refractivity contribution is -0.145. The highest BCUT2D eigenvalue weighted by Crippen LogP contribution is 2.17. The molecule has 0 bridgehead atoms. The smallest absolute Gasteiger partial charge is 0.323 e. The fraction of sp³-hybridized carbons (Fsp3) is 0.714. The SMILES string of the molecule is CCNC(C)(CC(C)N(C)Cc1nccn1C)C(=O)O. The number of carboxylic acids is 1. The zero-order valence-corrected chi connectivity index (χ0v) is 13.1. The minimum Gasteiger partial charge on any atom is -0.480 e. The number of nitrogens with zero attached hydrogens (tertiary/aromatic N) is 3. The molecule has 2 atom stereocenters. The van der Waals surface area contributed by atoms with Crippen molar-refractivity contribution in [1.82, 2.24) is 19.8 Å². The average molecular weight is 282 g/mol. The summed E-state index contributed by atoms with van der Waals surface area (Å²) < 4.78 is 1.98. The quantitative estimate of drug-likeness (QED) is 0.747. The molecule has 2 N–H and O–H groups in total. The highest BCUT2D eigenvalue weighted by atomic mass is 16.4. The second-order valence-electron chi connectivity index (χ2n) is 5.59. The topological polar surface area (TPSA) is 70.4 Å². The molecule has 0 aliphatic rings. The molecule has 0 spiro atoms. The summed E-state index contributed by atoms with van der Waals surface area (Å²) in [4.78, 5) is 17.9. The first-order valence-electron chi connectivity index (χ1n) is 6.95. The minimum absolute atomic E-state index is 0.131. The van der Waals surface area contributed by atoms with Crippen molar-refractivity contribution in [2.24, 2.45) is 7.05 Å². The van der Waals surface area contributed by atoms with Gasteiger partial charge in [-0.3, -0.25) is 9.69 Å². The summed E-state index contributed by atoms with van der Waals surface area (Å²) in [6.07, 6.45) is 4.22. The monoisotopic (exact) mass is 282 g/mol. The Balaban J connectivity index is 2.66. The highest BCUT2D eigenvalue weighted by molar-refractivity contribution is 5.78. The largest absolute Gasteiger partial charge is 0.480 e. The standard InChI is InChI=1S/C14H26N4O2/c1-6-16-14(3,13(19)20)9-11(2)18(5)10-12-15-7-8-17(12)4/h7-8,11,16H,6,9-10H2,1-5H3,(H,19,20). The van der Waals surface area contributed by atoms with Crippen molar-refractivity contribution < 1.29 is 9.90 Å². The van der Waals surface area contributed by atoms with Crippen LogP contribution in [0.5, 0.6) is 0 Å². The summed E-state index contributed by atoms with van der Waals surface area (Å²) >= 11 is 0. The molecule has 0 radical (unpaired) electrons. The molecule has 2 unspecified atom stereocenters. The molecular formula is C14H26N4O2. The fourth-order valence-corrected chi connectivity index (χ4v) is 2.30. The number of hydrogen-bond acceptors (Lipinski definition) is 4. The Kier molecular flexibility index (Phi) is 5.71. The number of likely N-dealkylation sites (N-methyl/N-ethyl adjacent to an activating group) is 1. The number of carbonyl (C=O) groups is 1. The van der Waals surface area contributed by atoms with Crippen LogP contribution in [0.3, 0.4) is 0 Å². The third-order valence-electron chi connectivity index (χ3n) is 3.81. The summed E-state index contributed by atoms with van der Waals surface area (Å²) in [6, 6.07) is 0.131. The van der Waals surface area contributed by atoms with E-state index in [1.807, 2.05) is 38.7 Å². The van der Waals surface area contributed by atoms with Crippen molar-refractivity contribution in [2.45, 2.75) is 45.3 Å². The Bertz CT molecular complexity index is 446. The van der Waals surface area contributed by atoms with Crippen LogP contribution in [0.2, 0.25) is 0 Å². The number of aryl methyl sites for hydroxylation is 1. The molecule has 114 valence electrons. The van der Waals surface area contributed by atoms with Gasteiger partial charge in [-0.2, -0.15) is 0 Å². The molecule has 1 aromatic heterocycles. The van der Waals surface area contributed by atoms with Gasteiger partial charge in [-0.1, -0.05) is 6.92 Å². The van der Waals surface area contributed by atoms with Crippen LogP contribution in [-0.4, -0.2) is 50.7 Å². The van der Waals surface area contributed by atoms with Crippen molar-refractivity contribution in [3.63, 3.8) is 0 Å². The van der Waals surface area contributed by atoms with E-state index in [0.29, 0.717) is 19.5 Å². The van der Waals surface area contributed by atoms with E-state index >= 15 is 0 Å². The Labute approximate surface area is 120 Å². The number of carboxylic acid groups (broad SMARTS) is 1. The first-order valence-corrected chi connectivity index (χ1v) is 6.95. The maximum Gasteiger partial charge on any atom is 0.323 e. The van der Waals surface area contributed by atoms with Gasteiger partial charge >= 0.3 is 5.97 Å². The normalized spacial score (nSPS) is 16.1. The molecule has 0 amide bonds. The van der Waals surface area contributed by atoms with Crippen molar-refractivity contribution >= 4 is 5.97 Å². The maximum absolute atomic E-state index is 11.4. The van der Waals surface area contributed by atoms with E-state index < -0.39 is 11.5 Å². The molecule has 0 aliphatic carbocycles. The predicted octanol–water partition coefficient (Wildman–Crippen LogP) is 1.08. The van der Waals surface area contributed by atoms with Crippen LogP contribution in [-0.2, 0) is 18.4 Å². The van der Waals surface area contributed by atoms with Crippen LogP contribution >= 0.6 is 0 Å². The number of hydrogen-bond donors (Lipinski definition) is 2. The van der Waals surface area contributed by atoms with Gasteiger partial charge in [0.15, 0.2) is 0 Å². The lowest BCUT2D eigenvalue weighted by Crippen LogP contribution is -2.53. The summed E-state index contributed by atoms with van der Waals surface area (Å²) in [5.41, 5.74) is -0.899.